The van der Waals surface area contributed by atoms with Crippen molar-refractivity contribution in [1.29, 1.82) is 0 Å². The van der Waals surface area contributed by atoms with Crippen LogP contribution in [0.4, 0.5) is 0 Å². The molecule has 0 aliphatic carbocycles. The largest absolute Gasteiger partial charge is 0.365 e. The molecule has 0 aliphatic rings. The van der Waals surface area contributed by atoms with Crippen molar-refractivity contribution in [3.05, 3.63) is 24.0 Å². The van der Waals surface area contributed by atoms with Gasteiger partial charge in [0.15, 0.2) is 0 Å². The van der Waals surface area contributed by atoms with E-state index in [1.54, 1.807) is 0 Å². The lowest BCUT2D eigenvalue weighted by Gasteiger charge is -2.03. The Labute approximate surface area is 91.3 Å². The molecule has 0 radical (unpaired) electrons. The zero-order valence-electron chi connectivity index (χ0n) is 9.38. The van der Waals surface area contributed by atoms with Gasteiger partial charge in [0.2, 0.25) is 5.91 Å². The van der Waals surface area contributed by atoms with Gasteiger partial charge in [0, 0.05) is 24.9 Å². The summed E-state index contributed by atoms with van der Waals surface area (Å²) in [5, 5.41) is 2.93. The molecule has 0 bridgehead atoms. The highest BCUT2D eigenvalue weighted by molar-refractivity contribution is 5.76. The lowest BCUT2D eigenvalue weighted by atomic mass is 10.2. The number of aromatic amines is 1. The molecule has 84 valence electrons. The minimum Gasteiger partial charge on any atom is -0.365 e. The summed E-state index contributed by atoms with van der Waals surface area (Å²) in [4.78, 5) is 14.5. The number of carbonyl (C=O) groups is 1. The highest BCUT2D eigenvalue weighted by Gasteiger charge is 2.01. The summed E-state index contributed by atoms with van der Waals surface area (Å²) in [6, 6.07) is 3.96. The van der Waals surface area contributed by atoms with Gasteiger partial charge >= 0.3 is 0 Å². The van der Waals surface area contributed by atoms with Crippen LogP contribution < -0.4 is 5.32 Å². The van der Waals surface area contributed by atoms with Gasteiger partial charge in [-0.1, -0.05) is 19.8 Å². The number of H-pyrrole nitrogens is 1. The fraction of sp³-hybridized carbons (Fsp3) is 0.583. The lowest BCUT2D eigenvalue weighted by Crippen LogP contribution is -2.24. The van der Waals surface area contributed by atoms with Crippen LogP contribution in [0, 0.1) is 0 Å². The van der Waals surface area contributed by atoms with Crippen molar-refractivity contribution in [2.24, 2.45) is 0 Å². The number of carbonyl (C=O) groups excluding carboxylic acids is 1. The Morgan fingerprint density at radius 1 is 1.47 bits per heavy atom. The molecule has 0 aromatic carbocycles. The second-order valence-electron chi connectivity index (χ2n) is 3.75. The van der Waals surface area contributed by atoms with E-state index in [9.17, 15) is 4.79 Å². The van der Waals surface area contributed by atoms with Crippen LogP contribution >= 0.6 is 0 Å². The molecule has 15 heavy (non-hydrogen) atoms. The average molecular weight is 208 g/mol. The van der Waals surface area contributed by atoms with E-state index in [2.05, 4.69) is 17.2 Å². The van der Waals surface area contributed by atoms with Gasteiger partial charge in [-0.05, 0) is 25.0 Å². The summed E-state index contributed by atoms with van der Waals surface area (Å²) >= 11 is 0. The van der Waals surface area contributed by atoms with Crippen molar-refractivity contribution in [2.75, 3.05) is 6.54 Å². The summed E-state index contributed by atoms with van der Waals surface area (Å²) in [7, 11) is 0. The van der Waals surface area contributed by atoms with Crippen LogP contribution in [0.1, 0.15) is 38.3 Å². The quantitative estimate of drug-likeness (QED) is 0.663. The van der Waals surface area contributed by atoms with E-state index in [0.717, 1.165) is 25.1 Å². The number of aryl methyl sites for hydroxylation is 1. The fourth-order valence-electron chi connectivity index (χ4n) is 1.46. The van der Waals surface area contributed by atoms with Crippen LogP contribution in [0.3, 0.4) is 0 Å². The third-order valence-electron chi connectivity index (χ3n) is 2.39. The van der Waals surface area contributed by atoms with Crippen LogP contribution in [0.5, 0.6) is 0 Å². The van der Waals surface area contributed by atoms with Crippen LogP contribution in [0.25, 0.3) is 0 Å². The maximum atomic E-state index is 11.4. The Morgan fingerprint density at radius 2 is 2.33 bits per heavy atom. The molecule has 0 saturated heterocycles. The smallest absolute Gasteiger partial charge is 0.220 e. The van der Waals surface area contributed by atoms with Gasteiger partial charge in [0.05, 0.1) is 0 Å². The molecule has 1 amide bonds. The highest BCUT2D eigenvalue weighted by Crippen LogP contribution is 1.99. The maximum absolute atomic E-state index is 11.4. The molecule has 2 N–H and O–H groups in total. The first kappa shape index (κ1) is 11.8. The topological polar surface area (TPSA) is 44.9 Å². The number of nitrogens with one attached hydrogen (secondary N) is 2. The first-order chi connectivity index (χ1) is 7.33. The van der Waals surface area contributed by atoms with Gasteiger partial charge in [0.25, 0.3) is 0 Å². The van der Waals surface area contributed by atoms with Crippen LogP contribution in [-0.2, 0) is 11.2 Å². The number of hydrogen-bond acceptors (Lipinski definition) is 1. The molecule has 0 aliphatic heterocycles. The predicted molar refractivity (Wildman–Crippen MR) is 61.6 cm³/mol. The van der Waals surface area contributed by atoms with Crippen LogP contribution in [-0.4, -0.2) is 17.4 Å². The highest BCUT2D eigenvalue weighted by atomic mass is 16.1. The first-order valence-corrected chi connectivity index (χ1v) is 5.72. The summed E-state index contributed by atoms with van der Waals surface area (Å²) in [5.74, 6) is 0.153. The standard InChI is InChI=1S/C12H20N2O/c1-2-3-4-9-14-12(15)8-7-11-6-5-10-13-11/h5-6,10,13H,2-4,7-9H2,1H3,(H,14,15). The number of amides is 1. The van der Waals surface area contributed by atoms with Gasteiger partial charge in [-0.15, -0.1) is 0 Å². The second-order valence-corrected chi connectivity index (χ2v) is 3.75. The zero-order chi connectivity index (χ0) is 10.9. The molecule has 0 unspecified atom stereocenters. The molecule has 3 nitrogen and oxygen atoms in total. The SMILES string of the molecule is CCCCCNC(=O)CCc1ccc[nH]1. The summed E-state index contributed by atoms with van der Waals surface area (Å²) in [5.41, 5.74) is 1.12. The van der Waals surface area contributed by atoms with Crippen molar-refractivity contribution in [3.8, 4) is 0 Å². The molecule has 0 spiro atoms. The van der Waals surface area contributed by atoms with Crippen molar-refractivity contribution in [2.45, 2.75) is 39.0 Å². The fourth-order valence-corrected chi connectivity index (χ4v) is 1.46. The molecule has 1 aromatic rings. The Hall–Kier alpha value is -1.25. The maximum Gasteiger partial charge on any atom is 0.220 e. The van der Waals surface area contributed by atoms with E-state index >= 15 is 0 Å². The molecule has 0 atom stereocenters. The molecule has 0 fully saturated rings. The number of unbranched alkanes of at least 4 members (excludes halogenated alkanes) is 2. The molecule has 1 aromatic heterocycles. The van der Waals surface area contributed by atoms with Gasteiger partial charge in [-0.25, -0.2) is 0 Å². The number of aromatic nitrogens is 1. The molecule has 3 heteroatoms. The molecular weight excluding hydrogens is 188 g/mol. The summed E-state index contributed by atoms with van der Waals surface area (Å²) in [6.07, 6.45) is 6.73. The van der Waals surface area contributed by atoms with Crippen molar-refractivity contribution in [3.63, 3.8) is 0 Å². The van der Waals surface area contributed by atoms with Crippen molar-refractivity contribution >= 4 is 5.91 Å². The van der Waals surface area contributed by atoms with E-state index in [1.807, 2.05) is 18.3 Å². The van der Waals surface area contributed by atoms with Crippen molar-refractivity contribution < 1.29 is 4.79 Å². The van der Waals surface area contributed by atoms with E-state index in [1.165, 1.54) is 12.8 Å². The molecule has 1 heterocycles. The monoisotopic (exact) mass is 208 g/mol. The molecular formula is C12H20N2O. The van der Waals surface area contributed by atoms with Crippen LogP contribution in [0.2, 0.25) is 0 Å². The third kappa shape index (κ3) is 5.25. The second kappa shape index (κ2) is 7.10. The summed E-state index contributed by atoms with van der Waals surface area (Å²) in [6.45, 7) is 2.98. The Bertz CT molecular complexity index is 267. The predicted octanol–water partition coefficient (Wildman–Crippen LogP) is 2.25. The minimum atomic E-state index is 0.153. The first-order valence-electron chi connectivity index (χ1n) is 5.72. The summed E-state index contributed by atoms with van der Waals surface area (Å²) < 4.78 is 0. The minimum absolute atomic E-state index is 0.153. The zero-order valence-corrected chi connectivity index (χ0v) is 9.38. The number of rotatable bonds is 7. The van der Waals surface area contributed by atoms with Gasteiger partial charge < -0.3 is 10.3 Å². The normalized spacial score (nSPS) is 10.2. The van der Waals surface area contributed by atoms with E-state index < -0.39 is 0 Å². The lowest BCUT2D eigenvalue weighted by molar-refractivity contribution is -0.121. The van der Waals surface area contributed by atoms with Crippen molar-refractivity contribution in [1.82, 2.24) is 10.3 Å². The molecule has 1 rings (SSSR count). The van der Waals surface area contributed by atoms with Gasteiger partial charge in [0.1, 0.15) is 0 Å². The van der Waals surface area contributed by atoms with Crippen LogP contribution in [0.15, 0.2) is 18.3 Å². The Balaban J connectivity index is 2.04. The van der Waals surface area contributed by atoms with Gasteiger partial charge in [-0.2, -0.15) is 0 Å². The van der Waals surface area contributed by atoms with E-state index in [0.29, 0.717) is 6.42 Å². The van der Waals surface area contributed by atoms with E-state index in [-0.39, 0.29) is 5.91 Å². The Morgan fingerprint density at radius 3 is 3.00 bits per heavy atom. The molecule has 0 saturated carbocycles. The van der Waals surface area contributed by atoms with Gasteiger partial charge in [-0.3, -0.25) is 4.79 Å². The Kier molecular flexibility index (Phi) is 5.59. The average Bonchev–Trinajstić information content (AvgIpc) is 2.74. The number of hydrogen-bond donors (Lipinski definition) is 2. The van der Waals surface area contributed by atoms with E-state index in [4.69, 9.17) is 0 Å². The third-order valence-corrected chi connectivity index (χ3v) is 2.39.